The standard InChI is InChI=1S/C23H19F3N4O.C2H6/c1-13-3-6-17(9-19(13)20-21(23(24,25)26)29-14(2)28-20)22(31)30-11-18(12-30)16-7-4-15(10-27)5-8-16;1-2/h3-9,18H,11-12H2,1-2H3,(H,28,29);1-2H3. The number of imidazole rings is 1. The first-order valence-corrected chi connectivity index (χ1v) is 10.7. The Hall–Kier alpha value is -3.60. The fourth-order valence-electron chi connectivity index (χ4n) is 3.77. The summed E-state index contributed by atoms with van der Waals surface area (Å²) in [4.78, 5) is 20.9. The molecular weight excluding hydrogens is 429 g/mol. The van der Waals surface area contributed by atoms with E-state index in [0.29, 0.717) is 29.8 Å². The largest absolute Gasteiger partial charge is 0.433 e. The third-order valence-electron chi connectivity index (χ3n) is 5.53. The van der Waals surface area contributed by atoms with Crippen molar-refractivity contribution in [2.24, 2.45) is 0 Å². The van der Waals surface area contributed by atoms with Gasteiger partial charge in [0.25, 0.3) is 5.91 Å². The molecule has 0 radical (unpaired) electrons. The van der Waals surface area contributed by atoms with Gasteiger partial charge in [-0.15, -0.1) is 0 Å². The van der Waals surface area contributed by atoms with Crippen LogP contribution in [0.2, 0.25) is 0 Å². The van der Waals surface area contributed by atoms with Crippen LogP contribution in [0.15, 0.2) is 42.5 Å². The highest BCUT2D eigenvalue weighted by molar-refractivity contribution is 5.96. The van der Waals surface area contributed by atoms with Crippen LogP contribution >= 0.6 is 0 Å². The molecule has 172 valence electrons. The number of hydrogen-bond donors (Lipinski definition) is 1. The minimum absolute atomic E-state index is 0.159. The van der Waals surface area contributed by atoms with Crippen LogP contribution in [0, 0.1) is 25.2 Å². The van der Waals surface area contributed by atoms with E-state index >= 15 is 0 Å². The highest BCUT2D eigenvalue weighted by Crippen LogP contribution is 2.37. The minimum Gasteiger partial charge on any atom is -0.338 e. The number of aromatic amines is 1. The third-order valence-corrected chi connectivity index (χ3v) is 5.53. The first-order chi connectivity index (χ1) is 15.7. The monoisotopic (exact) mass is 454 g/mol. The molecule has 1 saturated heterocycles. The minimum atomic E-state index is -4.57. The summed E-state index contributed by atoms with van der Waals surface area (Å²) in [5.74, 6) is 0.103. The van der Waals surface area contributed by atoms with Crippen LogP contribution < -0.4 is 0 Å². The van der Waals surface area contributed by atoms with Crippen LogP contribution in [-0.4, -0.2) is 33.9 Å². The summed E-state index contributed by atoms with van der Waals surface area (Å²) < 4.78 is 40.3. The van der Waals surface area contributed by atoms with Gasteiger partial charge >= 0.3 is 6.18 Å². The number of carbonyl (C=O) groups is 1. The first kappa shape index (κ1) is 24.1. The molecule has 0 bridgehead atoms. The van der Waals surface area contributed by atoms with Gasteiger partial charge in [-0.05, 0) is 49.2 Å². The number of nitrogens with zero attached hydrogens (tertiary/aromatic N) is 3. The number of carbonyl (C=O) groups excluding carboxylic acids is 1. The lowest BCUT2D eigenvalue weighted by molar-refractivity contribution is -0.140. The number of hydrogen-bond acceptors (Lipinski definition) is 3. The number of rotatable bonds is 3. The van der Waals surface area contributed by atoms with Gasteiger partial charge in [0.2, 0.25) is 0 Å². The molecule has 0 spiro atoms. The maximum atomic E-state index is 13.4. The highest BCUT2D eigenvalue weighted by atomic mass is 19.4. The second-order valence-corrected chi connectivity index (χ2v) is 7.71. The second kappa shape index (κ2) is 9.49. The van der Waals surface area contributed by atoms with Gasteiger partial charge in [-0.2, -0.15) is 18.4 Å². The molecule has 1 aromatic heterocycles. The summed E-state index contributed by atoms with van der Waals surface area (Å²) >= 11 is 0. The zero-order chi connectivity index (χ0) is 24.3. The summed E-state index contributed by atoms with van der Waals surface area (Å²) in [6, 6.07) is 14.1. The lowest BCUT2D eigenvalue weighted by Gasteiger charge is -2.39. The van der Waals surface area contributed by atoms with Gasteiger partial charge in [-0.3, -0.25) is 4.79 Å². The maximum Gasteiger partial charge on any atom is 0.433 e. The Bertz CT molecular complexity index is 1180. The molecule has 1 amide bonds. The molecule has 1 aliphatic rings. The van der Waals surface area contributed by atoms with Crippen molar-refractivity contribution in [1.82, 2.24) is 14.9 Å². The predicted molar refractivity (Wildman–Crippen MR) is 120 cm³/mol. The van der Waals surface area contributed by atoms with E-state index in [1.165, 1.54) is 13.0 Å². The molecule has 1 aliphatic heterocycles. The van der Waals surface area contributed by atoms with Crippen molar-refractivity contribution in [1.29, 1.82) is 5.26 Å². The van der Waals surface area contributed by atoms with Crippen LogP contribution in [0.5, 0.6) is 0 Å². The highest BCUT2D eigenvalue weighted by Gasteiger charge is 2.38. The Kier molecular flexibility index (Phi) is 6.92. The number of alkyl halides is 3. The van der Waals surface area contributed by atoms with Crippen molar-refractivity contribution in [3.8, 4) is 17.3 Å². The topological polar surface area (TPSA) is 72.8 Å². The quantitative estimate of drug-likeness (QED) is 0.540. The van der Waals surface area contributed by atoms with Gasteiger partial charge in [0.05, 0.1) is 11.6 Å². The summed E-state index contributed by atoms with van der Waals surface area (Å²) in [6.45, 7) is 8.19. The fraction of sp³-hybridized carbons (Fsp3) is 0.320. The maximum absolute atomic E-state index is 13.4. The number of aromatic nitrogens is 2. The van der Waals surface area contributed by atoms with E-state index in [1.54, 1.807) is 36.1 Å². The molecule has 8 heteroatoms. The molecule has 33 heavy (non-hydrogen) atoms. The predicted octanol–water partition coefficient (Wildman–Crippen LogP) is 5.85. The van der Waals surface area contributed by atoms with Gasteiger partial charge in [0.1, 0.15) is 17.2 Å². The van der Waals surface area contributed by atoms with Gasteiger partial charge in [-0.1, -0.05) is 32.0 Å². The number of nitrogens with one attached hydrogen (secondary N) is 1. The molecule has 0 saturated carbocycles. The first-order valence-electron chi connectivity index (χ1n) is 10.7. The number of amides is 1. The van der Waals surface area contributed by atoms with Crippen molar-refractivity contribution >= 4 is 5.91 Å². The molecule has 1 fully saturated rings. The number of aryl methyl sites for hydroxylation is 2. The van der Waals surface area contributed by atoms with E-state index in [2.05, 4.69) is 16.0 Å². The van der Waals surface area contributed by atoms with Crippen molar-refractivity contribution in [2.75, 3.05) is 13.1 Å². The van der Waals surface area contributed by atoms with E-state index in [-0.39, 0.29) is 28.9 Å². The fourth-order valence-corrected chi connectivity index (χ4v) is 3.77. The SMILES string of the molecule is CC.Cc1nc(-c2cc(C(=O)N3CC(c4ccc(C#N)cc4)C3)ccc2C)c(C(F)(F)F)[nH]1. The Labute approximate surface area is 190 Å². The lowest BCUT2D eigenvalue weighted by Crippen LogP contribution is -2.48. The van der Waals surface area contributed by atoms with Gasteiger partial charge < -0.3 is 9.88 Å². The number of benzene rings is 2. The molecule has 0 atom stereocenters. The smallest absolute Gasteiger partial charge is 0.338 e. The Balaban J connectivity index is 0.00000149. The molecule has 0 aliphatic carbocycles. The van der Waals surface area contributed by atoms with Crippen molar-refractivity contribution in [2.45, 2.75) is 39.8 Å². The summed E-state index contributed by atoms with van der Waals surface area (Å²) in [5.41, 5.74) is 1.73. The molecule has 4 rings (SSSR count). The van der Waals surface area contributed by atoms with E-state index in [1.807, 2.05) is 26.0 Å². The Morgan fingerprint density at radius 1 is 1.12 bits per heavy atom. The average molecular weight is 454 g/mol. The lowest BCUT2D eigenvalue weighted by atomic mass is 9.90. The summed E-state index contributed by atoms with van der Waals surface area (Å²) in [7, 11) is 0. The van der Waals surface area contributed by atoms with Crippen molar-refractivity contribution < 1.29 is 18.0 Å². The second-order valence-electron chi connectivity index (χ2n) is 7.71. The summed E-state index contributed by atoms with van der Waals surface area (Å²) in [5, 5.41) is 8.89. The number of H-pyrrole nitrogens is 1. The normalized spacial score (nSPS) is 13.6. The molecular formula is C25H25F3N4O. The number of halogens is 3. The Morgan fingerprint density at radius 2 is 1.76 bits per heavy atom. The van der Waals surface area contributed by atoms with Gasteiger partial charge in [0.15, 0.2) is 0 Å². The average Bonchev–Trinajstić information content (AvgIpc) is 3.17. The van der Waals surface area contributed by atoms with Gasteiger partial charge in [0, 0.05) is 30.1 Å². The van der Waals surface area contributed by atoms with Crippen LogP contribution in [0.1, 0.15) is 58.3 Å². The van der Waals surface area contributed by atoms with Gasteiger partial charge in [-0.25, -0.2) is 4.98 Å². The van der Waals surface area contributed by atoms with E-state index in [9.17, 15) is 18.0 Å². The van der Waals surface area contributed by atoms with E-state index in [0.717, 1.165) is 5.56 Å². The zero-order valence-electron chi connectivity index (χ0n) is 18.9. The Morgan fingerprint density at radius 3 is 2.33 bits per heavy atom. The van der Waals surface area contributed by atoms with E-state index < -0.39 is 11.9 Å². The van der Waals surface area contributed by atoms with Crippen molar-refractivity contribution in [3.05, 3.63) is 76.2 Å². The van der Waals surface area contributed by atoms with Crippen LogP contribution in [0.3, 0.4) is 0 Å². The van der Waals surface area contributed by atoms with Crippen LogP contribution in [0.4, 0.5) is 13.2 Å². The molecule has 5 nitrogen and oxygen atoms in total. The zero-order valence-corrected chi connectivity index (χ0v) is 18.9. The number of nitriles is 1. The summed E-state index contributed by atoms with van der Waals surface area (Å²) in [6.07, 6.45) is -4.57. The van der Waals surface area contributed by atoms with Crippen molar-refractivity contribution in [3.63, 3.8) is 0 Å². The van der Waals surface area contributed by atoms with E-state index in [4.69, 9.17) is 5.26 Å². The number of likely N-dealkylation sites (tertiary alicyclic amines) is 1. The van der Waals surface area contributed by atoms with Crippen LogP contribution in [0.25, 0.3) is 11.3 Å². The molecule has 3 aromatic rings. The molecule has 2 aromatic carbocycles. The molecule has 0 unspecified atom stereocenters. The molecule has 2 heterocycles. The molecule has 1 N–H and O–H groups in total. The van der Waals surface area contributed by atoms with Crippen LogP contribution in [-0.2, 0) is 6.18 Å². The third kappa shape index (κ3) is 4.92.